The SMILES string of the molecule is CN(C)[C@H]1CC[C@H](NS(=O)(=O)c2ccc(-c3ccc(F)cc3F)cc2)CC1. The van der Waals surface area contributed by atoms with Gasteiger partial charge in [0.15, 0.2) is 0 Å². The standard InChI is InChI=1S/C20H24F2N2O2S/c1-24(2)17-8-6-16(7-9-17)23-27(25,26)18-10-3-14(4-11-18)19-12-5-15(21)13-20(19)22/h3-5,10-13,16-17,23H,6-9H2,1-2H3/t16-,17-. The Hall–Kier alpha value is -1.83. The van der Waals surface area contributed by atoms with Crippen molar-refractivity contribution in [2.75, 3.05) is 14.1 Å². The van der Waals surface area contributed by atoms with Gasteiger partial charge in [0.25, 0.3) is 0 Å². The molecule has 0 saturated heterocycles. The number of hydrogen-bond donors (Lipinski definition) is 1. The van der Waals surface area contributed by atoms with E-state index in [1.165, 1.54) is 36.4 Å². The summed E-state index contributed by atoms with van der Waals surface area (Å²) in [6.45, 7) is 0. The molecule has 0 aliphatic heterocycles. The molecule has 1 N–H and O–H groups in total. The van der Waals surface area contributed by atoms with Crippen LogP contribution in [0.15, 0.2) is 47.4 Å². The molecule has 0 amide bonds. The van der Waals surface area contributed by atoms with Gasteiger partial charge >= 0.3 is 0 Å². The highest BCUT2D eigenvalue weighted by Crippen LogP contribution is 2.26. The van der Waals surface area contributed by atoms with E-state index in [1.807, 2.05) is 14.1 Å². The Labute approximate surface area is 159 Å². The Morgan fingerprint density at radius 3 is 2.15 bits per heavy atom. The van der Waals surface area contributed by atoms with Gasteiger partial charge in [-0.3, -0.25) is 0 Å². The fraction of sp³-hybridized carbons (Fsp3) is 0.400. The van der Waals surface area contributed by atoms with Crippen LogP contribution in [0.3, 0.4) is 0 Å². The van der Waals surface area contributed by atoms with Crippen LogP contribution in [0.25, 0.3) is 11.1 Å². The van der Waals surface area contributed by atoms with Crippen LogP contribution < -0.4 is 4.72 Å². The molecule has 0 bridgehead atoms. The van der Waals surface area contributed by atoms with Crippen molar-refractivity contribution in [3.05, 3.63) is 54.1 Å². The van der Waals surface area contributed by atoms with Gasteiger partial charge in [0.2, 0.25) is 10.0 Å². The van der Waals surface area contributed by atoms with Crippen LogP contribution in [0.2, 0.25) is 0 Å². The summed E-state index contributed by atoms with van der Waals surface area (Å²) in [7, 11) is 0.454. The van der Waals surface area contributed by atoms with Gasteiger partial charge in [-0.1, -0.05) is 12.1 Å². The molecular weight excluding hydrogens is 370 g/mol. The fourth-order valence-corrected chi connectivity index (χ4v) is 4.84. The Morgan fingerprint density at radius 2 is 1.59 bits per heavy atom. The molecule has 146 valence electrons. The van der Waals surface area contributed by atoms with E-state index in [9.17, 15) is 17.2 Å². The van der Waals surface area contributed by atoms with Crippen LogP contribution in [0, 0.1) is 11.6 Å². The van der Waals surface area contributed by atoms with Crippen LogP contribution in [0.1, 0.15) is 25.7 Å². The van der Waals surface area contributed by atoms with Crippen molar-refractivity contribution >= 4 is 10.0 Å². The normalized spacial score (nSPS) is 20.8. The van der Waals surface area contributed by atoms with Crippen molar-refractivity contribution in [1.82, 2.24) is 9.62 Å². The first-order valence-corrected chi connectivity index (χ1v) is 10.5. The summed E-state index contributed by atoms with van der Waals surface area (Å²) in [6, 6.07) is 9.73. The number of hydrogen-bond acceptors (Lipinski definition) is 3. The third-order valence-electron chi connectivity index (χ3n) is 5.16. The lowest BCUT2D eigenvalue weighted by Crippen LogP contribution is -2.41. The van der Waals surface area contributed by atoms with Gasteiger partial charge in [0, 0.05) is 23.7 Å². The van der Waals surface area contributed by atoms with Crippen LogP contribution in [0.4, 0.5) is 8.78 Å². The number of sulfonamides is 1. The maximum atomic E-state index is 13.9. The lowest BCUT2D eigenvalue weighted by atomic mass is 9.91. The van der Waals surface area contributed by atoms with E-state index in [1.54, 1.807) is 0 Å². The monoisotopic (exact) mass is 394 g/mol. The molecule has 7 heteroatoms. The largest absolute Gasteiger partial charge is 0.306 e. The molecule has 0 atom stereocenters. The Bertz CT molecular complexity index is 891. The quantitative estimate of drug-likeness (QED) is 0.840. The second kappa shape index (κ2) is 8.04. The minimum Gasteiger partial charge on any atom is -0.306 e. The summed E-state index contributed by atoms with van der Waals surface area (Å²) in [5, 5.41) is 0. The van der Waals surface area contributed by atoms with E-state index in [-0.39, 0.29) is 16.5 Å². The van der Waals surface area contributed by atoms with Gasteiger partial charge in [-0.2, -0.15) is 0 Å². The molecule has 0 aromatic heterocycles. The van der Waals surface area contributed by atoms with Crippen LogP contribution in [-0.2, 0) is 10.0 Å². The Balaban J connectivity index is 1.70. The zero-order valence-electron chi connectivity index (χ0n) is 15.5. The smallest absolute Gasteiger partial charge is 0.240 e. The average molecular weight is 394 g/mol. The number of nitrogens with zero attached hydrogens (tertiary/aromatic N) is 1. The molecule has 0 radical (unpaired) electrons. The van der Waals surface area contributed by atoms with E-state index in [0.29, 0.717) is 11.6 Å². The zero-order chi connectivity index (χ0) is 19.6. The van der Waals surface area contributed by atoms with Gasteiger partial charge in [-0.15, -0.1) is 0 Å². The molecule has 4 nitrogen and oxygen atoms in total. The molecule has 27 heavy (non-hydrogen) atoms. The van der Waals surface area contributed by atoms with Gasteiger partial charge in [0.05, 0.1) is 4.90 Å². The topological polar surface area (TPSA) is 49.4 Å². The molecule has 2 aromatic carbocycles. The summed E-state index contributed by atoms with van der Waals surface area (Å²) < 4.78 is 55.0. The van der Waals surface area contributed by atoms with E-state index in [4.69, 9.17) is 0 Å². The highest BCUT2D eigenvalue weighted by molar-refractivity contribution is 7.89. The minimum absolute atomic E-state index is 0.0691. The Morgan fingerprint density at radius 1 is 0.963 bits per heavy atom. The summed E-state index contributed by atoms with van der Waals surface area (Å²) >= 11 is 0. The molecule has 1 fully saturated rings. The zero-order valence-corrected chi connectivity index (χ0v) is 16.3. The van der Waals surface area contributed by atoms with Gasteiger partial charge in [-0.05, 0) is 69.6 Å². The van der Waals surface area contributed by atoms with Crippen molar-refractivity contribution in [3.63, 3.8) is 0 Å². The molecule has 1 aliphatic rings. The van der Waals surface area contributed by atoms with Gasteiger partial charge < -0.3 is 4.90 Å². The fourth-order valence-electron chi connectivity index (χ4n) is 3.53. The van der Waals surface area contributed by atoms with Crippen LogP contribution in [0.5, 0.6) is 0 Å². The van der Waals surface area contributed by atoms with Crippen molar-refractivity contribution in [2.24, 2.45) is 0 Å². The maximum absolute atomic E-state index is 13.9. The highest BCUT2D eigenvalue weighted by atomic mass is 32.2. The lowest BCUT2D eigenvalue weighted by Gasteiger charge is -2.32. The first-order chi connectivity index (χ1) is 12.8. The number of halogens is 2. The van der Waals surface area contributed by atoms with Crippen molar-refractivity contribution in [3.8, 4) is 11.1 Å². The van der Waals surface area contributed by atoms with Gasteiger partial charge in [0.1, 0.15) is 11.6 Å². The molecular formula is C20H24F2N2O2S. The molecule has 1 aliphatic carbocycles. The van der Waals surface area contributed by atoms with Crippen LogP contribution >= 0.6 is 0 Å². The van der Waals surface area contributed by atoms with Crippen molar-refractivity contribution in [2.45, 2.75) is 42.7 Å². The van der Waals surface area contributed by atoms with Crippen LogP contribution in [-0.4, -0.2) is 39.5 Å². The predicted molar refractivity (Wildman–Crippen MR) is 102 cm³/mol. The molecule has 3 rings (SSSR count). The van der Waals surface area contributed by atoms with E-state index < -0.39 is 21.7 Å². The van der Waals surface area contributed by atoms with E-state index in [0.717, 1.165) is 31.7 Å². The molecule has 1 saturated carbocycles. The average Bonchev–Trinajstić information content (AvgIpc) is 2.62. The first kappa shape index (κ1) is 19.9. The summed E-state index contributed by atoms with van der Waals surface area (Å²) in [5.74, 6) is -1.33. The molecule has 2 aromatic rings. The third kappa shape index (κ3) is 4.72. The second-order valence-electron chi connectivity index (χ2n) is 7.24. The highest BCUT2D eigenvalue weighted by Gasteiger charge is 2.26. The summed E-state index contributed by atoms with van der Waals surface area (Å²) in [4.78, 5) is 2.32. The molecule has 0 unspecified atom stereocenters. The predicted octanol–water partition coefficient (Wildman–Crippen LogP) is 3.78. The first-order valence-electron chi connectivity index (χ1n) is 9.00. The minimum atomic E-state index is -3.63. The number of benzene rings is 2. The van der Waals surface area contributed by atoms with Crippen molar-refractivity contribution in [1.29, 1.82) is 0 Å². The number of nitrogens with one attached hydrogen (secondary N) is 1. The lowest BCUT2D eigenvalue weighted by molar-refractivity contribution is 0.212. The third-order valence-corrected chi connectivity index (χ3v) is 6.69. The summed E-state index contributed by atoms with van der Waals surface area (Å²) in [5.41, 5.74) is 0.730. The number of rotatable bonds is 5. The second-order valence-corrected chi connectivity index (χ2v) is 8.95. The van der Waals surface area contributed by atoms with E-state index >= 15 is 0 Å². The maximum Gasteiger partial charge on any atom is 0.240 e. The van der Waals surface area contributed by atoms with Gasteiger partial charge in [-0.25, -0.2) is 21.9 Å². The van der Waals surface area contributed by atoms with E-state index in [2.05, 4.69) is 9.62 Å². The van der Waals surface area contributed by atoms with Crippen molar-refractivity contribution < 1.29 is 17.2 Å². The molecule has 0 heterocycles. The molecule has 0 spiro atoms. The summed E-state index contributed by atoms with van der Waals surface area (Å²) in [6.07, 6.45) is 3.54. The Kier molecular flexibility index (Phi) is 5.93.